The van der Waals surface area contributed by atoms with Gasteiger partial charge in [0.05, 0.1) is 52.9 Å². The molecule has 3 amide bonds. The molecule has 15 heteroatoms. The molecule has 0 radical (unpaired) electrons. The maximum absolute atomic E-state index is 12.1. The van der Waals surface area contributed by atoms with E-state index in [0.717, 1.165) is 30.6 Å². The molecule has 47 heavy (non-hydrogen) atoms. The van der Waals surface area contributed by atoms with Gasteiger partial charge in [0.25, 0.3) is 0 Å². The number of aromatic hydroxyl groups is 1. The monoisotopic (exact) mass is 681 g/mol. The number of ether oxygens (including phenoxy) is 4. The van der Waals surface area contributed by atoms with Crippen LogP contribution in [0.1, 0.15) is 43.2 Å². The molecule has 0 saturated carbocycles. The van der Waals surface area contributed by atoms with E-state index in [-0.39, 0.29) is 43.0 Å². The second kappa shape index (κ2) is 22.7. The van der Waals surface area contributed by atoms with Crippen molar-refractivity contribution in [3.63, 3.8) is 0 Å². The van der Waals surface area contributed by atoms with Gasteiger partial charge in [-0.15, -0.1) is 0 Å². The number of phenolic OH excluding ortho intramolecular Hbond substituents is 1. The predicted molar refractivity (Wildman–Crippen MR) is 179 cm³/mol. The van der Waals surface area contributed by atoms with E-state index in [1.54, 1.807) is 18.2 Å². The van der Waals surface area contributed by atoms with Crippen molar-refractivity contribution in [3.8, 4) is 5.75 Å². The first-order valence-corrected chi connectivity index (χ1v) is 17.3. The van der Waals surface area contributed by atoms with Gasteiger partial charge in [0, 0.05) is 67.7 Å². The van der Waals surface area contributed by atoms with E-state index in [9.17, 15) is 24.6 Å². The van der Waals surface area contributed by atoms with Gasteiger partial charge in [-0.2, -0.15) is 11.8 Å². The van der Waals surface area contributed by atoms with Crippen molar-refractivity contribution in [3.05, 3.63) is 35.4 Å². The number of fused-ring (bicyclic) bond motifs is 1. The van der Waals surface area contributed by atoms with Crippen molar-refractivity contribution < 1.29 is 43.5 Å². The molecule has 2 saturated heterocycles. The third-order valence-electron chi connectivity index (χ3n) is 7.59. The molecule has 4 unspecified atom stereocenters. The largest absolute Gasteiger partial charge is 0.507 e. The van der Waals surface area contributed by atoms with Crippen molar-refractivity contribution in [2.45, 2.75) is 62.3 Å². The Morgan fingerprint density at radius 2 is 1.60 bits per heavy atom. The summed E-state index contributed by atoms with van der Waals surface area (Å²) in [7, 11) is 1.52. The minimum atomic E-state index is -0.602. The summed E-state index contributed by atoms with van der Waals surface area (Å²) in [6.07, 6.45) is 5.83. The van der Waals surface area contributed by atoms with Crippen molar-refractivity contribution >= 4 is 35.6 Å². The van der Waals surface area contributed by atoms with Gasteiger partial charge in [-0.25, -0.2) is 0 Å². The molecule has 0 aromatic heterocycles. The first-order valence-electron chi connectivity index (χ1n) is 16.2. The van der Waals surface area contributed by atoms with E-state index in [1.165, 1.54) is 19.2 Å². The summed E-state index contributed by atoms with van der Waals surface area (Å²) in [6, 6.07) is 5.64. The fraction of sp³-hybridized carbons (Fsp3) is 0.656. The second-order valence-electron chi connectivity index (χ2n) is 11.2. The van der Waals surface area contributed by atoms with Crippen LogP contribution >= 0.6 is 11.8 Å². The molecule has 2 aliphatic heterocycles. The molecular formula is C32H51N5O9S. The molecule has 7 N–H and O–H groups in total. The Kier molecular flexibility index (Phi) is 18.7. The molecule has 14 nitrogen and oxygen atoms in total. The Morgan fingerprint density at radius 1 is 0.915 bits per heavy atom. The zero-order chi connectivity index (χ0) is 33.7. The predicted octanol–water partition coefficient (Wildman–Crippen LogP) is 0.222. The van der Waals surface area contributed by atoms with Crippen LogP contribution in [-0.4, -0.2) is 124 Å². The highest BCUT2D eigenvalue weighted by atomic mass is 32.2. The number of aliphatic hydroxyl groups excluding tert-OH is 1. The van der Waals surface area contributed by atoms with Crippen LogP contribution < -0.4 is 26.6 Å². The van der Waals surface area contributed by atoms with Gasteiger partial charge in [-0.05, 0) is 30.5 Å². The van der Waals surface area contributed by atoms with E-state index >= 15 is 0 Å². The maximum Gasteiger partial charge on any atom is 0.243 e. The number of likely N-dealkylation sites (N-methyl/N-ethyl adjacent to an activating group) is 1. The van der Waals surface area contributed by atoms with Gasteiger partial charge < -0.3 is 45.1 Å². The van der Waals surface area contributed by atoms with Crippen molar-refractivity contribution in [2.75, 3.05) is 72.2 Å². The summed E-state index contributed by atoms with van der Waals surface area (Å²) in [6.45, 7) is 3.90. The lowest BCUT2D eigenvalue weighted by atomic mass is 10.0. The van der Waals surface area contributed by atoms with Crippen LogP contribution in [0, 0.1) is 0 Å². The first-order chi connectivity index (χ1) is 22.9. The summed E-state index contributed by atoms with van der Waals surface area (Å²) in [4.78, 5) is 35.4. The van der Waals surface area contributed by atoms with Gasteiger partial charge in [0.1, 0.15) is 5.75 Å². The van der Waals surface area contributed by atoms with E-state index < -0.39 is 6.35 Å². The lowest BCUT2D eigenvalue weighted by Gasteiger charge is -2.17. The van der Waals surface area contributed by atoms with Crippen LogP contribution in [0.25, 0.3) is 6.08 Å². The average Bonchev–Trinajstić information content (AvgIpc) is 3.62. The number of benzene rings is 1. The number of phenols is 1. The van der Waals surface area contributed by atoms with Crippen LogP contribution in [0.5, 0.6) is 5.75 Å². The molecule has 1 aromatic rings. The molecule has 2 fully saturated rings. The number of carbonyl (C=O) groups is 3. The average molecular weight is 682 g/mol. The molecule has 0 spiro atoms. The summed E-state index contributed by atoms with van der Waals surface area (Å²) >= 11 is 1.93. The Hall–Kier alpha value is -2.76. The molecule has 2 aliphatic rings. The third-order valence-corrected chi connectivity index (χ3v) is 9.10. The van der Waals surface area contributed by atoms with Crippen LogP contribution in [0.15, 0.2) is 24.3 Å². The number of amides is 3. The SMILES string of the molecule is CNC(=O)/C=C/c1ccc(CNC(=O)CCOCCOCCOCCOCCNC(=O)CCCCC2SCC3NC(O)NC32)cc1O. The number of aliphatic hydroxyl groups is 1. The summed E-state index contributed by atoms with van der Waals surface area (Å²) in [5, 5.41) is 34.7. The highest BCUT2D eigenvalue weighted by Gasteiger charge is 2.42. The van der Waals surface area contributed by atoms with Gasteiger partial charge >= 0.3 is 0 Å². The van der Waals surface area contributed by atoms with Gasteiger partial charge in [-0.1, -0.05) is 18.6 Å². The Morgan fingerprint density at radius 3 is 2.30 bits per heavy atom. The van der Waals surface area contributed by atoms with E-state index in [2.05, 4.69) is 26.6 Å². The van der Waals surface area contributed by atoms with E-state index in [0.29, 0.717) is 82.1 Å². The molecular weight excluding hydrogens is 630 g/mol. The molecule has 2 heterocycles. The van der Waals surface area contributed by atoms with Crippen molar-refractivity contribution in [1.82, 2.24) is 26.6 Å². The smallest absolute Gasteiger partial charge is 0.243 e. The number of nitrogens with one attached hydrogen (secondary N) is 5. The Balaban J connectivity index is 1.03. The van der Waals surface area contributed by atoms with Crippen LogP contribution in [0.2, 0.25) is 0 Å². The fourth-order valence-electron chi connectivity index (χ4n) is 5.05. The molecule has 4 atom stereocenters. The summed E-state index contributed by atoms with van der Waals surface area (Å²) in [5.41, 5.74) is 1.24. The number of rotatable bonds is 24. The van der Waals surface area contributed by atoms with E-state index in [4.69, 9.17) is 18.9 Å². The lowest BCUT2D eigenvalue weighted by molar-refractivity contribution is -0.122. The van der Waals surface area contributed by atoms with Crippen LogP contribution in [0.4, 0.5) is 0 Å². The standard InChI is InChI=1S/C32H51N5O9S/c1-33-28(39)9-8-24-7-6-23(20-26(24)38)21-35-30(41)10-12-43-14-16-45-18-19-46-17-15-44-13-11-34-29(40)5-3-2-4-27-31-25(22-47-27)36-32(42)37-31/h6-9,20,25,27,31-32,36-38,42H,2-5,10-19,21-22H2,1H3,(H,33,39)(H,34,40)(H,35,41)/b9-8+. The van der Waals surface area contributed by atoms with Crippen molar-refractivity contribution in [1.29, 1.82) is 0 Å². The third kappa shape index (κ3) is 15.8. The van der Waals surface area contributed by atoms with Gasteiger partial charge in [-0.3, -0.25) is 25.0 Å². The lowest BCUT2D eigenvalue weighted by Crippen LogP contribution is -2.38. The number of thioether (sulfide) groups is 1. The van der Waals surface area contributed by atoms with E-state index in [1.807, 2.05) is 11.8 Å². The van der Waals surface area contributed by atoms with Crippen LogP contribution in [-0.2, 0) is 39.9 Å². The quantitative estimate of drug-likeness (QED) is 0.0582. The van der Waals surface area contributed by atoms with Crippen molar-refractivity contribution in [2.24, 2.45) is 0 Å². The second-order valence-corrected chi connectivity index (χ2v) is 12.4. The zero-order valence-corrected chi connectivity index (χ0v) is 28.0. The fourth-order valence-corrected chi connectivity index (χ4v) is 6.62. The molecule has 0 bridgehead atoms. The Bertz CT molecular complexity index is 1130. The number of unbranched alkanes of at least 4 members (excludes halogenated alkanes) is 1. The van der Waals surface area contributed by atoms with Gasteiger partial charge in [0.2, 0.25) is 17.7 Å². The van der Waals surface area contributed by atoms with Crippen LogP contribution in [0.3, 0.4) is 0 Å². The number of hydrogen-bond acceptors (Lipinski definition) is 12. The minimum Gasteiger partial charge on any atom is -0.507 e. The highest BCUT2D eigenvalue weighted by Crippen LogP contribution is 2.33. The number of hydrogen-bond donors (Lipinski definition) is 7. The zero-order valence-electron chi connectivity index (χ0n) is 27.2. The molecule has 264 valence electrons. The topological polar surface area (TPSA) is 189 Å². The minimum absolute atomic E-state index is 0.0226. The summed E-state index contributed by atoms with van der Waals surface area (Å²) < 4.78 is 21.9. The molecule has 3 rings (SSSR count). The summed E-state index contributed by atoms with van der Waals surface area (Å²) in [5.74, 6) is 0.635. The Labute approximate surface area is 281 Å². The highest BCUT2D eigenvalue weighted by molar-refractivity contribution is 8.00. The molecule has 1 aromatic carbocycles. The normalized spacial score (nSPS) is 20.4. The molecule has 0 aliphatic carbocycles. The first kappa shape index (κ1) is 38.7. The maximum atomic E-state index is 12.1. The van der Waals surface area contributed by atoms with Gasteiger partial charge in [0.15, 0.2) is 6.35 Å². The number of carbonyl (C=O) groups excluding carboxylic acids is 3.